The number of amides is 1. The van der Waals surface area contributed by atoms with Crippen molar-refractivity contribution in [3.05, 3.63) is 47.8 Å². The maximum absolute atomic E-state index is 13.5. The van der Waals surface area contributed by atoms with Crippen LogP contribution in [0.25, 0.3) is 0 Å². The second kappa shape index (κ2) is 8.19. The number of likely N-dealkylation sites (N-methyl/N-ethyl adjacent to an activating group) is 1. The molecule has 7 heteroatoms. The summed E-state index contributed by atoms with van der Waals surface area (Å²) in [5, 5.41) is 13.6. The van der Waals surface area contributed by atoms with Gasteiger partial charge in [-0.2, -0.15) is 0 Å². The lowest BCUT2D eigenvalue weighted by Gasteiger charge is -2.10. The number of carbonyl (C=O) groups is 1. The third-order valence-electron chi connectivity index (χ3n) is 3.11. The first-order chi connectivity index (χ1) is 11.0. The maximum atomic E-state index is 13.5. The zero-order valence-electron chi connectivity index (χ0n) is 13.2. The summed E-state index contributed by atoms with van der Waals surface area (Å²) in [6.45, 7) is 1.63. The van der Waals surface area contributed by atoms with Crippen molar-refractivity contribution in [2.24, 2.45) is 0 Å². The third-order valence-corrected chi connectivity index (χ3v) is 3.11. The van der Waals surface area contributed by atoms with Crippen LogP contribution in [-0.4, -0.2) is 48.2 Å². The molecule has 6 nitrogen and oxygen atoms in total. The highest BCUT2D eigenvalue weighted by molar-refractivity contribution is 5.91. The first-order valence-corrected chi connectivity index (χ1v) is 7.30. The van der Waals surface area contributed by atoms with Crippen LogP contribution in [0.3, 0.4) is 0 Å². The van der Waals surface area contributed by atoms with Crippen molar-refractivity contribution in [3.8, 4) is 0 Å². The molecular formula is C16H20FN5O. The standard InChI is InChI=1S/C16H20FN5O/c1-22(2)10-9-18-14-7-8-15(21-20-14)19-16(23)11-12-5-3-4-6-13(12)17/h3-8H,9-11H2,1-2H3,(H,18,20)(H,19,21,23). The summed E-state index contributed by atoms with van der Waals surface area (Å²) >= 11 is 0. The minimum absolute atomic E-state index is 0.0445. The molecule has 0 saturated heterocycles. The van der Waals surface area contributed by atoms with Gasteiger partial charge in [0.15, 0.2) is 5.82 Å². The van der Waals surface area contributed by atoms with Crippen LogP contribution in [0.2, 0.25) is 0 Å². The van der Waals surface area contributed by atoms with E-state index in [2.05, 4.69) is 25.7 Å². The fourth-order valence-electron chi connectivity index (χ4n) is 1.90. The number of halogens is 1. The Morgan fingerprint density at radius 1 is 1.13 bits per heavy atom. The van der Waals surface area contributed by atoms with Gasteiger partial charge in [-0.1, -0.05) is 18.2 Å². The summed E-state index contributed by atoms with van der Waals surface area (Å²) in [5.74, 6) is 0.246. The number of benzene rings is 1. The molecule has 1 heterocycles. The van der Waals surface area contributed by atoms with Crippen molar-refractivity contribution in [1.82, 2.24) is 15.1 Å². The molecule has 0 unspecified atom stereocenters. The van der Waals surface area contributed by atoms with Crippen LogP contribution in [-0.2, 0) is 11.2 Å². The summed E-state index contributed by atoms with van der Waals surface area (Å²) in [4.78, 5) is 14.0. The van der Waals surface area contributed by atoms with E-state index < -0.39 is 5.82 Å². The number of anilines is 2. The highest BCUT2D eigenvalue weighted by Crippen LogP contribution is 2.10. The Hall–Kier alpha value is -2.54. The van der Waals surface area contributed by atoms with Gasteiger partial charge in [0.05, 0.1) is 6.42 Å². The highest BCUT2D eigenvalue weighted by atomic mass is 19.1. The Bertz CT molecular complexity index is 645. The van der Waals surface area contributed by atoms with Crippen LogP contribution in [0.4, 0.5) is 16.0 Å². The Labute approximate surface area is 134 Å². The quantitative estimate of drug-likeness (QED) is 0.814. The molecule has 23 heavy (non-hydrogen) atoms. The van der Waals surface area contributed by atoms with Crippen molar-refractivity contribution < 1.29 is 9.18 Å². The minimum atomic E-state index is -0.394. The van der Waals surface area contributed by atoms with Crippen molar-refractivity contribution in [3.63, 3.8) is 0 Å². The first kappa shape index (κ1) is 16.8. The van der Waals surface area contributed by atoms with E-state index in [-0.39, 0.29) is 12.3 Å². The molecule has 0 aliphatic heterocycles. The lowest BCUT2D eigenvalue weighted by Crippen LogP contribution is -2.21. The fourth-order valence-corrected chi connectivity index (χ4v) is 1.90. The minimum Gasteiger partial charge on any atom is -0.367 e. The van der Waals surface area contributed by atoms with Gasteiger partial charge in [0, 0.05) is 13.1 Å². The van der Waals surface area contributed by atoms with Crippen molar-refractivity contribution in [2.45, 2.75) is 6.42 Å². The van der Waals surface area contributed by atoms with E-state index in [1.54, 1.807) is 30.3 Å². The van der Waals surface area contributed by atoms with Crippen LogP contribution in [0.5, 0.6) is 0 Å². The predicted octanol–water partition coefficient (Wildman–Crippen LogP) is 1.77. The monoisotopic (exact) mass is 317 g/mol. The van der Waals surface area contributed by atoms with E-state index >= 15 is 0 Å². The van der Waals surface area contributed by atoms with Crippen LogP contribution in [0.15, 0.2) is 36.4 Å². The number of hydrogen-bond acceptors (Lipinski definition) is 5. The number of aromatic nitrogens is 2. The summed E-state index contributed by atoms with van der Waals surface area (Å²) in [6, 6.07) is 9.59. The molecule has 1 amide bonds. The average Bonchev–Trinajstić information content (AvgIpc) is 2.51. The van der Waals surface area contributed by atoms with Gasteiger partial charge in [-0.15, -0.1) is 10.2 Å². The smallest absolute Gasteiger partial charge is 0.230 e. The lowest BCUT2D eigenvalue weighted by molar-refractivity contribution is -0.115. The molecule has 0 spiro atoms. The number of nitrogens with one attached hydrogen (secondary N) is 2. The summed E-state index contributed by atoms with van der Waals surface area (Å²) in [7, 11) is 3.98. The topological polar surface area (TPSA) is 70.2 Å². The Balaban J connectivity index is 1.85. The van der Waals surface area contributed by atoms with Crippen LogP contribution in [0, 0.1) is 5.82 Å². The van der Waals surface area contributed by atoms with E-state index in [0.29, 0.717) is 17.2 Å². The Kier molecular flexibility index (Phi) is 5.99. The number of nitrogens with zero attached hydrogens (tertiary/aromatic N) is 3. The molecule has 122 valence electrons. The number of carbonyl (C=O) groups excluding carboxylic acids is 1. The van der Waals surface area contributed by atoms with Gasteiger partial charge in [-0.25, -0.2) is 4.39 Å². The van der Waals surface area contributed by atoms with Gasteiger partial charge in [0.25, 0.3) is 0 Å². The predicted molar refractivity (Wildman–Crippen MR) is 87.8 cm³/mol. The van der Waals surface area contributed by atoms with Gasteiger partial charge in [-0.3, -0.25) is 4.79 Å². The van der Waals surface area contributed by atoms with E-state index in [4.69, 9.17) is 0 Å². The van der Waals surface area contributed by atoms with E-state index in [1.807, 2.05) is 14.1 Å². The molecule has 2 rings (SSSR count). The van der Waals surface area contributed by atoms with Crippen LogP contribution in [0.1, 0.15) is 5.56 Å². The molecule has 2 N–H and O–H groups in total. The molecule has 0 bridgehead atoms. The van der Waals surface area contributed by atoms with E-state index in [9.17, 15) is 9.18 Å². The summed E-state index contributed by atoms with van der Waals surface area (Å²) < 4.78 is 13.5. The largest absolute Gasteiger partial charge is 0.367 e. The second-order valence-corrected chi connectivity index (χ2v) is 5.35. The fraction of sp³-hybridized carbons (Fsp3) is 0.312. The molecule has 0 aliphatic carbocycles. The number of hydrogen-bond donors (Lipinski definition) is 2. The SMILES string of the molecule is CN(C)CCNc1ccc(NC(=O)Cc2ccccc2F)nn1. The Morgan fingerprint density at radius 3 is 2.48 bits per heavy atom. The summed E-state index contributed by atoms with van der Waals surface area (Å²) in [6.07, 6.45) is -0.0445. The average molecular weight is 317 g/mol. The first-order valence-electron chi connectivity index (χ1n) is 7.30. The molecule has 0 saturated carbocycles. The molecule has 0 fully saturated rings. The normalized spacial score (nSPS) is 10.6. The molecule has 1 aromatic heterocycles. The van der Waals surface area contributed by atoms with Crippen LogP contribution >= 0.6 is 0 Å². The number of rotatable bonds is 7. The molecule has 0 atom stereocenters. The molecule has 1 aromatic carbocycles. The summed E-state index contributed by atoms with van der Waals surface area (Å²) in [5.41, 5.74) is 0.347. The molecule has 0 aliphatic rings. The van der Waals surface area contributed by atoms with Gasteiger partial charge in [-0.05, 0) is 37.9 Å². The Morgan fingerprint density at radius 2 is 1.83 bits per heavy atom. The van der Waals surface area contributed by atoms with Gasteiger partial charge in [0.2, 0.25) is 5.91 Å². The van der Waals surface area contributed by atoms with Gasteiger partial charge < -0.3 is 15.5 Å². The van der Waals surface area contributed by atoms with Gasteiger partial charge >= 0.3 is 0 Å². The van der Waals surface area contributed by atoms with Gasteiger partial charge in [0.1, 0.15) is 11.6 Å². The maximum Gasteiger partial charge on any atom is 0.230 e. The lowest BCUT2D eigenvalue weighted by atomic mass is 10.1. The zero-order valence-corrected chi connectivity index (χ0v) is 13.2. The van der Waals surface area contributed by atoms with Crippen LogP contribution < -0.4 is 10.6 Å². The van der Waals surface area contributed by atoms with Crippen molar-refractivity contribution >= 4 is 17.5 Å². The van der Waals surface area contributed by atoms with Crippen molar-refractivity contribution in [2.75, 3.05) is 37.8 Å². The second-order valence-electron chi connectivity index (χ2n) is 5.35. The molecule has 2 aromatic rings. The zero-order chi connectivity index (χ0) is 16.7. The van der Waals surface area contributed by atoms with E-state index in [1.165, 1.54) is 6.07 Å². The molecule has 0 radical (unpaired) electrons. The van der Waals surface area contributed by atoms with Crippen molar-refractivity contribution in [1.29, 1.82) is 0 Å². The highest BCUT2D eigenvalue weighted by Gasteiger charge is 2.08. The molecular weight excluding hydrogens is 297 g/mol. The van der Waals surface area contributed by atoms with E-state index in [0.717, 1.165) is 13.1 Å². The third kappa shape index (κ3) is 5.63.